The minimum Gasteiger partial charge on any atom is -0.395 e. The molecule has 0 radical (unpaired) electrons. The van der Waals surface area contributed by atoms with Crippen LogP contribution in [-0.2, 0) is 33.1 Å². The fourth-order valence-electron chi connectivity index (χ4n) is 7.81. The van der Waals surface area contributed by atoms with Crippen LogP contribution in [0, 0.1) is 0 Å². The lowest BCUT2D eigenvalue weighted by Crippen LogP contribution is -2.21. The van der Waals surface area contributed by atoms with Crippen LogP contribution < -0.4 is 5.32 Å². The Bertz CT molecular complexity index is 2990. The number of benzene rings is 4. The zero-order valence-electron chi connectivity index (χ0n) is 33.7. The third-order valence-electron chi connectivity index (χ3n) is 10.6. The number of aromatic amines is 2. The zero-order chi connectivity index (χ0) is 44.1. The lowest BCUT2D eigenvalue weighted by Gasteiger charge is -2.07. The lowest BCUT2D eigenvalue weighted by molar-refractivity contribution is 0.266. The van der Waals surface area contributed by atoms with Crippen LogP contribution in [0.4, 0.5) is 0 Å². The summed E-state index contributed by atoms with van der Waals surface area (Å²) in [5.41, 5.74) is 12.7. The van der Waals surface area contributed by atoms with E-state index in [9.17, 15) is 25.9 Å². The smallest absolute Gasteiger partial charge is 0.294 e. The van der Waals surface area contributed by atoms with E-state index in [1.165, 1.54) is 24.3 Å². The van der Waals surface area contributed by atoms with Crippen molar-refractivity contribution < 1.29 is 36.2 Å². The summed E-state index contributed by atoms with van der Waals surface area (Å²) >= 11 is 0. The Morgan fingerprint density at radius 1 is 0.460 bits per heavy atom. The van der Waals surface area contributed by atoms with Gasteiger partial charge in [-0.15, -0.1) is 0 Å². The summed E-state index contributed by atoms with van der Waals surface area (Å²) in [6.45, 7) is 1.42. The first-order valence-electron chi connectivity index (χ1n) is 20.1. The van der Waals surface area contributed by atoms with Crippen LogP contribution in [0.2, 0.25) is 0 Å². The number of aliphatic hydroxyl groups is 2. The number of nitrogens with zero attached hydrogens (tertiary/aromatic N) is 2. The van der Waals surface area contributed by atoms with E-state index in [0.29, 0.717) is 37.1 Å². The van der Waals surface area contributed by atoms with E-state index in [1.54, 1.807) is 24.3 Å². The van der Waals surface area contributed by atoms with Crippen molar-refractivity contribution in [2.45, 2.75) is 22.6 Å². The fourth-order valence-corrected chi connectivity index (χ4v) is 8.77. The molecule has 0 atom stereocenters. The first-order chi connectivity index (χ1) is 30.4. The third-order valence-corrected chi connectivity index (χ3v) is 12.4. The van der Waals surface area contributed by atoms with Gasteiger partial charge in [0, 0.05) is 57.4 Å². The number of H-pyrrole nitrogens is 2. The van der Waals surface area contributed by atoms with E-state index < -0.39 is 20.2 Å². The van der Waals surface area contributed by atoms with Gasteiger partial charge in [0.1, 0.15) is 0 Å². The minimum atomic E-state index is -4.42. The van der Waals surface area contributed by atoms with Gasteiger partial charge in [-0.25, -0.2) is 4.98 Å². The summed E-state index contributed by atoms with van der Waals surface area (Å²) in [6.07, 6.45) is 5.09. The molecule has 5 heterocycles. The number of hydrogen-bond acceptors (Lipinski definition) is 9. The van der Waals surface area contributed by atoms with Gasteiger partial charge in [0.25, 0.3) is 20.2 Å². The number of aromatic nitrogens is 4. The number of nitrogens with one attached hydrogen (secondary N) is 3. The third kappa shape index (κ3) is 9.45. The van der Waals surface area contributed by atoms with Crippen LogP contribution in [0.5, 0.6) is 0 Å². The molecule has 0 amide bonds. The van der Waals surface area contributed by atoms with Gasteiger partial charge < -0.3 is 25.5 Å². The van der Waals surface area contributed by atoms with E-state index in [4.69, 9.17) is 20.2 Å². The molecule has 15 heteroatoms. The second-order valence-corrected chi connectivity index (χ2v) is 17.6. The van der Waals surface area contributed by atoms with Crippen molar-refractivity contribution in [1.82, 2.24) is 25.3 Å². The molecule has 320 valence electrons. The summed E-state index contributed by atoms with van der Waals surface area (Å²) in [5, 5.41) is 19.1. The van der Waals surface area contributed by atoms with Crippen LogP contribution in [0.25, 0.3) is 78.7 Å². The predicted molar refractivity (Wildman–Crippen MR) is 246 cm³/mol. The Morgan fingerprint density at radius 2 is 0.810 bits per heavy atom. The van der Waals surface area contributed by atoms with E-state index in [2.05, 4.69) is 15.3 Å². The van der Waals surface area contributed by atoms with Crippen LogP contribution >= 0.6 is 0 Å². The predicted octanol–water partition coefficient (Wildman–Crippen LogP) is 7.99. The molecule has 4 aromatic carbocycles. The molecule has 7 N–H and O–H groups in total. The van der Waals surface area contributed by atoms with Crippen molar-refractivity contribution in [1.29, 1.82) is 0 Å². The standard InChI is InChI=1S/C44H32N4O6S2.C4H11NO2/c49-55(50,51)31-15-11-29(12-16-31)43-37-23-21-35(46-37)41(27-7-3-1-4-8-27)33-19-20-34(45-33)42(28-9-5-2-6-10-28)36-22-24-38(47-36)44(40-26-25-39(43)48-40)30-13-17-32(18-14-30)56(52,53)54;6-3-1-5-2-4-7/h1-24,46-47H,25-26H2,(H,49,50,51)(H,52,53,54);5-7H,1-4H2. The number of rotatable bonds is 10. The van der Waals surface area contributed by atoms with Crippen molar-refractivity contribution in [2.75, 3.05) is 26.3 Å². The second-order valence-electron chi connectivity index (χ2n) is 14.7. The Labute approximate surface area is 364 Å². The molecule has 3 aromatic heterocycles. The van der Waals surface area contributed by atoms with E-state index in [1.807, 2.05) is 97.1 Å². The maximum Gasteiger partial charge on any atom is 0.294 e. The highest BCUT2D eigenvalue weighted by Gasteiger charge is 2.22. The maximum absolute atomic E-state index is 12.0. The molecule has 7 aromatic rings. The molecule has 0 fully saturated rings. The summed E-state index contributed by atoms with van der Waals surface area (Å²) in [4.78, 5) is 17.4. The topological polar surface area (TPSA) is 219 Å². The highest BCUT2D eigenvalue weighted by atomic mass is 32.2. The summed E-state index contributed by atoms with van der Waals surface area (Å²) < 4.78 is 67.4. The quantitative estimate of drug-likeness (QED) is 0.0516. The van der Waals surface area contributed by atoms with Crippen molar-refractivity contribution in [2.24, 2.45) is 0 Å². The molecule has 0 spiro atoms. The highest BCUT2D eigenvalue weighted by molar-refractivity contribution is 7.86. The lowest BCUT2D eigenvalue weighted by atomic mass is 10.0. The van der Waals surface area contributed by atoms with E-state index in [0.717, 1.165) is 78.2 Å². The molecule has 2 aliphatic rings. The summed E-state index contributed by atoms with van der Waals surface area (Å²) in [5.74, 6) is 0. The molecule has 0 saturated carbocycles. The van der Waals surface area contributed by atoms with Gasteiger partial charge in [0.05, 0.1) is 45.8 Å². The van der Waals surface area contributed by atoms with Crippen molar-refractivity contribution in [3.8, 4) is 44.5 Å². The summed E-state index contributed by atoms with van der Waals surface area (Å²) in [7, 11) is -8.85. The van der Waals surface area contributed by atoms with Gasteiger partial charge in [0.2, 0.25) is 0 Å². The molecule has 63 heavy (non-hydrogen) atoms. The first kappa shape index (κ1) is 43.1. The fraction of sp³-hybridized carbons (Fsp3) is 0.125. The average molecular weight is 882 g/mol. The normalized spacial score (nSPS) is 12.5. The SMILES string of the molecule is O=S(=O)(O)c1ccc(-c2c3nc(c(-c4ccc(S(=O)(=O)O)cc4)c4ccc([nH]4)c(-c4ccccc4)c4nc(c(-c5ccccc5)c5ccc2[nH]5)C=C4)CC3)cc1.OCCNCCO. The highest BCUT2D eigenvalue weighted by Crippen LogP contribution is 2.38. The van der Waals surface area contributed by atoms with E-state index in [-0.39, 0.29) is 23.0 Å². The van der Waals surface area contributed by atoms with E-state index >= 15 is 0 Å². The maximum atomic E-state index is 12.0. The number of fused-ring (bicyclic) bond motifs is 8. The second kappa shape index (κ2) is 18.4. The molecular weight excluding hydrogens is 839 g/mol. The van der Waals surface area contributed by atoms with Gasteiger partial charge in [-0.1, -0.05) is 84.9 Å². The molecule has 8 bridgehead atoms. The number of aryl methyl sites for hydroxylation is 2. The molecule has 2 aliphatic heterocycles. The Kier molecular flexibility index (Phi) is 12.6. The monoisotopic (exact) mass is 881 g/mol. The molecule has 0 unspecified atom stereocenters. The molecule has 0 aliphatic carbocycles. The van der Waals surface area contributed by atoms with Crippen molar-refractivity contribution in [3.63, 3.8) is 0 Å². The van der Waals surface area contributed by atoms with Crippen molar-refractivity contribution >= 4 is 54.5 Å². The minimum absolute atomic E-state index is 0.139. The van der Waals surface area contributed by atoms with Gasteiger partial charge in [-0.2, -0.15) is 16.8 Å². The zero-order valence-corrected chi connectivity index (χ0v) is 35.4. The molecule has 0 saturated heterocycles. The number of aliphatic hydroxyl groups excluding tert-OH is 2. The largest absolute Gasteiger partial charge is 0.395 e. The Morgan fingerprint density at radius 3 is 1.16 bits per heavy atom. The van der Waals surface area contributed by atoms with Crippen LogP contribution in [-0.4, -0.2) is 82.4 Å². The van der Waals surface area contributed by atoms with Crippen LogP contribution in [0.3, 0.4) is 0 Å². The van der Waals surface area contributed by atoms with Crippen LogP contribution in [0.15, 0.2) is 143 Å². The van der Waals surface area contributed by atoms with Gasteiger partial charge in [-0.05, 0) is 95.8 Å². The first-order valence-corrected chi connectivity index (χ1v) is 23.0. The summed E-state index contributed by atoms with van der Waals surface area (Å²) in [6, 6.07) is 40.1. The average Bonchev–Trinajstić information content (AvgIpc) is 4.13. The van der Waals surface area contributed by atoms with Gasteiger partial charge in [-0.3, -0.25) is 14.1 Å². The Hall–Kier alpha value is -6.56. The van der Waals surface area contributed by atoms with Crippen LogP contribution in [0.1, 0.15) is 22.8 Å². The van der Waals surface area contributed by atoms with Gasteiger partial charge >= 0.3 is 0 Å². The van der Waals surface area contributed by atoms with Gasteiger partial charge in [0.15, 0.2) is 0 Å². The molecular formula is C48H43N5O8S2. The molecule has 13 nitrogen and oxygen atoms in total. The Balaban J connectivity index is 0.000000719. The number of hydrogen-bond donors (Lipinski definition) is 7. The van der Waals surface area contributed by atoms with Crippen molar-refractivity contribution in [3.05, 3.63) is 156 Å². The molecule has 9 rings (SSSR count).